The van der Waals surface area contributed by atoms with Gasteiger partial charge in [0, 0.05) is 5.56 Å². The Kier molecular flexibility index (Phi) is 6.39. The van der Waals surface area contributed by atoms with Gasteiger partial charge in [-0.3, -0.25) is 4.79 Å². The van der Waals surface area contributed by atoms with Crippen molar-refractivity contribution in [3.8, 4) is 11.5 Å². The van der Waals surface area contributed by atoms with Crippen LogP contribution in [0.5, 0.6) is 11.5 Å². The van der Waals surface area contributed by atoms with Gasteiger partial charge in [-0.1, -0.05) is 18.2 Å². The third-order valence-corrected chi connectivity index (χ3v) is 3.64. The first-order valence-electron chi connectivity index (χ1n) is 7.78. The van der Waals surface area contributed by atoms with Crippen LogP contribution < -0.4 is 14.8 Å². The van der Waals surface area contributed by atoms with E-state index in [9.17, 15) is 9.59 Å². The van der Waals surface area contributed by atoms with Gasteiger partial charge in [0.15, 0.2) is 6.61 Å². The predicted molar refractivity (Wildman–Crippen MR) is 92.8 cm³/mol. The van der Waals surface area contributed by atoms with Crippen LogP contribution in [0.15, 0.2) is 48.5 Å². The second kappa shape index (κ2) is 8.73. The summed E-state index contributed by atoms with van der Waals surface area (Å²) in [6.07, 6.45) is 0. The fourth-order valence-corrected chi connectivity index (χ4v) is 2.33. The zero-order valence-corrected chi connectivity index (χ0v) is 14.4. The Morgan fingerprint density at radius 1 is 1.00 bits per heavy atom. The Hall–Kier alpha value is -3.02. The number of benzene rings is 2. The third kappa shape index (κ3) is 4.97. The van der Waals surface area contributed by atoms with Crippen LogP contribution in [0.1, 0.15) is 28.9 Å². The summed E-state index contributed by atoms with van der Waals surface area (Å²) in [5, 5.41) is 2.78. The smallest absolute Gasteiger partial charge is 0.338 e. The van der Waals surface area contributed by atoms with Gasteiger partial charge in [-0.25, -0.2) is 4.79 Å². The van der Waals surface area contributed by atoms with Gasteiger partial charge in [-0.2, -0.15) is 0 Å². The molecule has 0 aliphatic rings. The standard InChI is InChI=1S/C19H21NO5/c1-13(16-6-4-5-7-17(16)24-3)20-18(21)12-25-19(22)14-8-10-15(23-2)11-9-14/h4-11,13H,12H2,1-3H3,(H,20,21). The number of hydrogen-bond donors (Lipinski definition) is 1. The van der Waals surface area contributed by atoms with E-state index in [2.05, 4.69) is 5.32 Å². The van der Waals surface area contributed by atoms with Crippen molar-refractivity contribution in [2.45, 2.75) is 13.0 Å². The zero-order valence-electron chi connectivity index (χ0n) is 14.4. The maximum absolute atomic E-state index is 12.0. The fourth-order valence-electron chi connectivity index (χ4n) is 2.33. The molecule has 1 unspecified atom stereocenters. The number of carbonyl (C=O) groups is 2. The van der Waals surface area contributed by atoms with Crippen LogP contribution in [0.25, 0.3) is 0 Å². The molecule has 0 fully saturated rings. The van der Waals surface area contributed by atoms with E-state index in [1.165, 1.54) is 0 Å². The van der Waals surface area contributed by atoms with Crippen molar-refractivity contribution in [2.24, 2.45) is 0 Å². The van der Waals surface area contributed by atoms with E-state index in [-0.39, 0.29) is 18.6 Å². The van der Waals surface area contributed by atoms with Crippen molar-refractivity contribution in [1.82, 2.24) is 5.32 Å². The molecule has 0 spiro atoms. The average molecular weight is 343 g/mol. The first-order valence-corrected chi connectivity index (χ1v) is 7.78. The Balaban J connectivity index is 1.88. The van der Waals surface area contributed by atoms with Crippen molar-refractivity contribution in [1.29, 1.82) is 0 Å². The molecule has 0 heterocycles. The van der Waals surface area contributed by atoms with Gasteiger partial charge in [0.2, 0.25) is 0 Å². The van der Waals surface area contributed by atoms with Gasteiger partial charge in [0.05, 0.1) is 25.8 Å². The van der Waals surface area contributed by atoms with E-state index >= 15 is 0 Å². The normalized spacial score (nSPS) is 11.3. The average Bonchev–Trinajstić information content (AvgIpc) is 2.66. The van der Waals surface area contributed by atoms with Crippen molar-refractivity contribution in [3.63, 3.8) is 0 Å². The summed E-state index contributed by atoms with van der Waals surface area (Å²) in [6, 6.07) is 13.6. The molecule has 1 atom stereocenters. The van der Waals surface area contributed by atoms with Crippen molar-refractivity contribution < 1.29 is 23.8 Å². The van der Waals surface area contributed by atoms with Crippen LogP contribution >= 0.6 is 0 Å². The number of ether oxygens (including phenoxy) is 3. The largest absolute Gasteiger partial charge is 0.497 e. The quantitative estimate of drug-likeness (QED) is 0.783. The molecule has 6 nitrogen and oxygen atoms in total. The van der Waals surface area contributed by atoms with Crippen LogP contribution in [0.3, 0.4) is 0 Å². The second-order valence-corrected chi connectivity index (χ2v) is 5.34. The molecular formula is C19H21NO5. The predicted octanol–water partition coefficient (Wildman–Crippen LogP) is 2.74. The number of carbonyl (C=O) groups excluding carboxylic acids is 2. The fraction of sp³-hybridized carbons (Fsp3) is 0.263. The van der Waals surface area contributed by atoms with E-state index in [0.29, 0.717) is 17.1 Å². The molecular weight excluding hydrogens is 322 g/mol. The molecule has 2 aromatic carbocycles. The number of amides is 1. The summed E-state index contributed by atoms with van der Waals surface area (Å²) in [7, 11) is 3.12. The van der Waals surface area contributed by atoms with Crippen LogP contribution in [0.2, 0.25) is 0 Å². The monoisotopic (exact) mass is 343 g/mol. The molecule has 0 bridgehead atoms. The third-order valence-electron chi connectivity index (χ3n) is 3.64. The molecule has 0 saturated heterocycles. The number of rotatable bonds is 7. The highest BCUT2D eigenvalue weighted by Crippen LogP contribution is 2.24. The molecule has 1 amide bonds. The van der Waals surface area contributed by atoms with Crippen LogP contribution in [0, 0.1) is 0 Å². The minimum absolute atomic E-state index is 0.275. The summed E-state index contributed by atoms with van der Waals surface area (Å²) in [4.78, 5) is 24.0. The summed E-state index contributed by atoms with van der Waals surface area (Å²) in [6.45, 7) is 1.48. The summed E-state index contributed by atoms with van der Waals surface area (Å²) in [5.41, 5.74) is 1.20. The van der Waals surface area contributed by atoms with Gasteiger partial charge >= 0.3 is 5.97 Å². The Morgan fingerprint density at radius 2 is 1.68 bits per heavy atom. The van der Waals surface area contributed by atoms with Gasteiger partial charge < -0.3 is 19.5 Å². The van der Waals surface area contributed by atoms with Gasteiger partial charge in [0.25, 0.3) is 5.91 Å². The highest BCUT2D eigenvalue weighted by molar-refractivity contribution is 5.91. The molecule has 6 heteroatoms. The minimum atomic E-state index is -0.567. The molecule has 1 N–H and O–H groups in total. The van der Waals surface area contributed by atoms with Crippen molar-refractivity contribution in [3.05, 3.63) is 59.7 Å². The molecule has 0 saturated carbocycles. The molecule has 132 valence electrons. The number of esters is 1. The molecule has 0 aromatic heterocycles. The van der Waals surface area contributed by atoms with E-state index in [4.69, 9.17) is 14.2 Å². The minimum Gasteiger partial charge on any atom is -0.497 e. The van der Waals surface area contributed by atoms with Crippen LogP contribution in [-0.4, -0.2) is 32.7 Å². The van der Waals surface area contributed by atoms with Gasteiger partial charge in [0.1, 0.15) is 11.5 Å². The molecule has 25 heavy (non-hydrogen) atoms. The van der Waals surface area contributed by atoms with E-state index in [1.807, 2.05) is 31.2 Å². The molecule has 0 radical (unpaired) electrons. The Labute approximate surface area is 146 Å². The topological polar surface area (TPSA) is 73.9 Å². The zero-order chi connectivity index (χ0) is 18.2. The van der Waals surface area contributed by atoms with Crippen LogP contribution in [0.4, 0.5) is 0 Å². The summed E-state index contributed by atoms with van der Waals surface area (Å²) in [5.74, 6) is 0.369. The van der Waals surface area contributed by atoms with Gasteiger partial charge in [-0.15, -0.1) is 0 Å². The molecule has 0 aliphatic heterocycles. The molecule has 2 rings (SSSR count). The first kappa shape index (κ1) is 18.3. The summed E-state index contributed by atoms with van der Waals surface area (Å²) >= 11 is 0. The lowest BCUT2D eigenvalue weighted by atomic mass is 10.1. The number of nitrogens with one attached hydrogen (secondary N) is 1. The van der Waals surface area contributed by atoms with E-state index < -0.39 is 5.97 Å². The SMILES string of the molecule is COc1ccc(C(=O)OCC(=O)NC(C)c2ccccc2OC)cc1. The highest BCUT2D eigenvalue weighted by Gasteiger charge is 2.15. The van der Waals surface area contributed by atoms with E-state index in [1.54, 1.807) is 38.5 Å². The number of para-hydroxylation sites is 1. The summed E-state index contributed by atoms with van der Waals surface area (Å²) < 4.78 is 15.3. The first-order chi connectivity index (χ1) is 12.0. The molecule has 0 aliphatic carbocycles. The Morgan fingerprint density at radius 3 is 2.32 bits per heavy atom. The van der Waals surface area contributed by atoms with Gasteiger partial charge in [-0.05, 0) is 37.3 Å². The Bertz CT molecular complexity index is 727. The maximum Gasteiger partial charge on any atom is 0.338 e. The number of hydrogen-bond acceptors (Lipinski definition) is 5. The molecule has 2 aromatic rings. The second-order valence-electron chi connectivity index (χ2n) is 5.34. The highest BCUT2D eigenvalue weighted by atomic mass is 16.5. The lowest BCUT2D eigenvalue weighted by Crippen LogP contribution is -2.31. The maximum atomic E-state index is 12.0. The lowest BCUT2D eigenvalue weighted by Gasteiger charge is -2.17. The van der Waals surface area contributed by atoms with Crippen LogP contribution in [-0.2, 0) is 9.53 Å². The van der Waals surface area contributed by atoms with Crippen molar-refractivity contribution >= 4 is 11.9 Å². The number of methoxy groups -OCH3 is 2. The van der Waals surface area contributed by atoms with E-state index in [0.717, 1.165) is 5.56 Å². The lowest BCUT2D eigenvalue weighted by molar-refractivity contribution is -0.124. The van der Waals surface area contributed by atoms with Crippen molar-refractivity contribution in [2.75, 3.05) is 20.8 Å².